The van der Waals surface area contributed by atoms with Gasteiger partial charge < -0.3 is 10.6 Å². The fourth-order valence-electron chi connectivity index (χ4n) is 1.22. The van der Waals surface area contributed by atoms with Gasteiger partial charge in [-0.05, 0) is 6.92 Å². The summed E-state index contributed by atoms with van der Waals surface area (Å²) in [6.45, 7) is 1.41. The largest absolute Gasteiger partial charge is 0.391 e. The Kier molecular flexibility index (Phi) is 4.39. The molecule has 0 aliphatic heterocycles. The Morgan fingerprint density at radius 3 is 2.65 bits per heavy atom. The Balaban J connectivity index is 2.73. The topological polar surface area (TPSA) is 49.8 Å². The lowest BCUT2D eigenvalue weighted by Gasteiger charge is -2.17. The lowest BCUT2D eigenvalue weighted by Crippen LogP contribution is -2.24. The van der Waals surface area contributed by atoms with Gasteiger partial charge in [0.2, 0.25) is 5.95 Å². The number of nitrogens with one attached hydrogen (secondary N) is 2. The zero-order valence-electron chi connectivity index (χ0n) is 9.27. The predicted molar refractivity (Wildman–Crippen MR) is 60.3 cm³/mol. The van der Waals surface area contributed by atoms with Crippen molar-refractivity contribution in [3.63, 3.8) is 0 Å². The van der Waals surface area contributed by atoms with Crippen LogP contribution in [0.4, 0.5) is 24.9 Å². The summed E-state index contributed by atoms with van der Waals surface area (Å²) in [6, 6.07) is -0.813. The van der Waals surface area contributed by atoms with Crippen molar-refractivity contribution in [2.24, 2.45) is 0 Å². The van der Waals surface area contributed by atoms with Gasteiger partial charge in [0.05, 0.1) is 12.6 Å². The van der Waals surface area contributed by atoms with Gasteiger partial charge in [0.15, 0.2) is 5.82 Å². The van der Waals surface area contributed by atoms with E-state index in [4.69, 9.17) is 11.6 Å². The third-order valence-electron chi connectivity index (χ3n) is 1.89. The standard InChI is InChI=1S/C9H12ClF3N4/c1-5(3-9(11,12)13)16-7-6(10)4-15-8(14-2)17-7/h4-5H,3H2,1-2H3,(H2,14,15,16,17). The number of hydrogen-bond acceptors (Lipinski definition) is 4. The smallest absolute Gasteiger partial charge is 0.366 e. The highest BCUT2D eigenvalue weighted by Crippen LogP contribution is 2.25. The summed E-state index contributed by atoms with van der Waals surface area (Å²) in [5.41, 5.74) is 0. The van der Waals surface area contributed by atoms with E-state index in [-0.39, 0.29) is 16.8 Å². The average Bonchev–Trinajstić information content (AvgIpc) is 2.18. The molecule has 0 bridgehead atoms. The molecular formula is C9H12ClF3N4. The molecule has 0 aliphatic rings. The van der Waals surface area contributed by atoms with Gasteiger partial charge in [-0.15, -0.1) is 0 Å². The summed E-state index contributed by atoms with van der Waals surface area (Å²) in [6.07, 6.45) is -3.86. The van der Waals surface area contributed by atoms with Crippen LogP contribution in [0.25, 0.3) is 0 Å². The molecule has 0 aromatic carbocycles. The van der Waals surface area contributed by atoms with Crippen molar-refractivity contribution in [2.45, 2.75) is 25.6 Å². The summed E-state index contributed by atoms with van der Waals surface area (Å²) in [4.78, 5) is 7.75. The monoisotopic (exact) mass is 268 g/mol. The number of anilines is 2. The van der Waals surface area contributed by atoms with E-state index in [2.05, 4.69) is 20.6 Å². The highest BCUT2D eigenvalue weighted by molar-refractivity contribution is 6.32. The van der Waals surface area contributed by atoms with Crippen LogP contribution in [0.5, 0.6) is 0 Å². The van der Waals surface area contributed by atoms with Crippen LogP contribution >= 0.6 is 11.6 Å². The SMILES string of the molecule is CNc1ncc(Cl)c(NC(C)CC(F)(F)F)n1. The summed E-state index contributed by atoms with van der Waals surface area (Å²) < 4.78 is 36.4. The molecule has 0 saturated heterocycles. The van der Waals surface area contributed by atoms with E-state index in [1.165, 1.54) is 13.1 Å². The molecule has 0 amide bonds. The highest BCUT2D eigenvalue weighted by atomic mass is 35.5. The van der Waals surface area contributed by atoms with Crippen molar-refractivity contribution in [1.82, 2.24) is 9.97 Å². The minimum Gasteiger partial charge on any atom is -0.366 e. The molecule has 1 unspecified atom stereocenters. The Bertz CT molecular complexity index is 383. The summed E-state index contributed by atoms with van der Waals surface area (Å²) >= 11 is 5.77. The van der Waals surface area contributed by atoms with Crippen LogP contribution in [0, 0.1) is 0 Å². The molecular weight excluding hydrogens is 257 g/mol. The first-order valence-electron chi connectivity index (χ1n) is 4.85. The van der Waals surface area contributed by atoms with E-state index < -0.39 is 18.6 Å². The van der Waals surface area contributed by atoms with E-state index in [1.54, 1.807) is 7.05 Å². The van der Waals surface area contributed by atoms with Crippen molar-refractivity contribution in [3.05, 3.63) is 11.2 Å². The quantitative estimate of drug-likeness (QED) is 0.882. The van der Waals surface area contributed by atoms with Crippen molar-refractivity contribution >= 4 is 23.4 Å². The maximum Gasteiger partial charge on any atom is 0.391 e. The Morgan fingerprint density at radius 2 is 2.12 bits per heavy atom. The molecule has 2 N–H and O–H groups in total. The first kappa shape index (κ1) is 13.8. The van der Waals surface area contributed by atoms with Crippen molar-refractivity contribution in [1.29, 1.82) is 0 Å². The third kappa shape index (κ3) is 4.64. The lowest BCUT2D eigenvalue weighted by molar-refractivity contribution is -0.136. The molecule has 4 nitrogen and oxygen atoms in total. The van der Waals surface area contributed by atoms with Gasteiger partial charge in [-0.3, -0.25) is 0 Å². The van der Waals surface area contributed by atoms with E-state index in [1.807, 2.05) is 0 Å². The lowest BCUT2D eigenvalue weighted by atomic mass is 10.2. The van der Waals surface area contributed by atoms with E-state index >= 15 is 0 Å². The predicted octanol–water partition coefficient (Wildman–Crippen LogP) is 2.92. The zero-order valence-corrected chi connectivity index (χ0v) is 10.0. The fourth-order valence-corrected chi connectivity index (χ4v) is 1.37. The van der Waals surface area contributed by atoms with Gasteiger partial charge >= 0.3 is 6.18 Å². The molecule has 1 heterocycles. The summed E-state index contributed by atoms with van der Waals surface area (Å²) in [5.74, 6) is 0.471. The van der Waals surface area contributed by atoms with Crippen LogP contribution in [0.2, 0.25) is 5.02 Å². The van der Waals surface area contributed by atoms with Gasteiger partial charge in [-0.25, -0.2) is 4.98 Å². The number of halogens is 4. The Morgan fingerprint density at radius 1 is 1.47 bits per heavy atom. The Hall–Kier alpha value is -1.24. The van der Waals surface area contributed by atoms with Gasteiger partial charge in [-0.1, -0.05) is 11.6 Å². The number of aromatic nitrogens is 2. The van der Waals surface area contributed by atoms with Crippen LogP contribution in [-0.2, 0) is 0 Å². The molecule has 0 radical (unpaired) electrons. The summed E-state index contributed by atoms with van der Waals surface area (Å²) in [5, 5.41) is 5.45. The molecule has 1 aromatic rings. The van der Waals surface area contributed by atoms with Crippen molar-refractivity contribution in [2.75, 3.05) is 17.7 Å². The molecule has 17 heavy (non-hydrogen) atoms. The van der Waals surface area contributed by atoms with E-state index in [0.29, 0.717) is 0 Å². The van der Waals surface area contributed by atoms with Gasteiger partial charge in [0, 0.05) is 13.1 Å². The van der Waals surface area contributed by atoms with Gasteiger partial charge in [0.1, 0.15) is 5.02 Å². The van der Waals surface area contributed by atoms with E-state index in [9.17, 15) is 13.2 Å². The second-order valence-corrected chi connectivity index (χ2v) is 3.91. The second-order valence-electron chi connectivity index (χ2n) is 3.50. The van der Waals surface area contributed by atoms with E-state index in [0.717, 1.165) is 0 Å². The second kappa shape index (κ2) is 5.39. The number of nitrogens with zero attached hydrogens (tertiary/aromatic N) is 2. The third-order valence-corrected chi connectivity index (χ3v) is 2.17. The van der Waals surface area contributed by atoms with Gasteiger partial charge in [0.25, 0.3) is 0 Å². The van der Waals surface area contributed by atoms with Crippen LogP contribution in [0.1, 0.15) is 13.3 Å². The van der Waals surface area contributed by atoms with Crippen LogP contribution in [0.3, 0.4) is 0 Å². The minimum atomic E-state index is -4.22. The van der Waals surface area contributed by atoms with Crippen molar-refractivity contribution < 1.29 is 13.2 Å². The molecule has 0 spiro atoms. The number of alkyl halides is 3. The average molecular weight is 269 g/mol. The zero-order chi connectivity index (χ0) is 13.1. The molecule has 8 heteroatoms. The van der Waals surface area contributed by atoms with Crippen LogP contribution in [0.15, 0.2) is 6.20 Å². The molecule has 1 rings (SSSR count). The maximum atomic E-state index is 12.1. The minimum absolute atomic E-state index is 0.179. The van der Waals surface area contributed by atoms with Gasteiger partial charge in [-0.2, -0.15) is 18.2 Å². The van der Waals surface area contributed by atoms with Crippen LogP contribution in [-0.4, -0.2) is 29.2 Å². The van der Waals surface area contributed by atoms with Crippen LogP contribution < -0.4 is 10.6 Å². The molecule has 96 valence electrons. The molecule has 1 atom stereocenters. The first-order chi connectivity index (χ1) is 7.81. The normalized spacial score (nSPS) is 13.3. The fraction of sp³-hybridized carbons (Fsp3) is 0.556. The Labute approximate surface area is 102 Å². The molecule has 0 saturated carbocycles. The number of rotatable bonds is 4. The molecule has 0 fully saturated rings. The summed E-state index contributed by atoms with van der Waals surface area (Å²) in [7, 11) is 1.60. The highest BCUT2D eigenvalue weighted by Gasteiger charge is 2.30. The molecule has 0 aliphatic carbocycles. The maximum absolute atomic E-state index is 12.1. The van der Waals surface area contributed by atoms with Crippen molar-refractivity contribution in [3.8, 4) is 0 Å². The first-order valence-corrected chi connectivity index (χ1v) is 5.23. The molecule has 1 aromatic heterocycles. The number of hydrogen-bond donors (Lipinski definition) is 2.